The smallest absolute Gasteiger partial charge is 0.344 e. The zero-order valence-corrected chi connectivity index (χ0v) is 14.0. The minimum absolute atomic E-state index is 0.00915. The summed E-state index contributed by atoms with van der Waals surface area (Å²) in [5.41, 5.74) is 0.372. The molecule has 1 aromatic rings. The second-order valence-electron chi connectivity index (χ2n) is 5.71. The zero-order chi connectivity index (χ0) is 17.3. The Hall–Kier alpha value is -2.49. The van der Waals surface area contributed by atoms with Crippen molar-refractivity contribution < 1.29 is 19.1 Å². The highest BCUT2D eigenvalue weighted by Crippen LogP contribution is 2.37. The monoisotopic (exact) mass is 319 g/mol. The molecule has 0 bridgehead atoms. The van der Waals surface area contributed by atoms with Crippen LogP contribution in [0.25, 0.3) is 0 Å². The van der Waals surface area contributed by atoms with Gasteiger partial charge in [-0.25, -0.2) is 4.79 Å². The number of amides is 1. The average Bonchev–Trinajstić information content (AvgIpc) is 2.85. The van der Waals surface area contributed by atoms with Crippen molar-refractivity contribution in [1.29, 1.82) is 5.26 Å². The Morgan fingerprint density at radius 1 is 1.48 bits per heavy atom. The summed E-state index contributed by atoms with van der Waals surface area (Å²) in [7, 11) is 1.38. The van der Waals surface area contributed by atoms with Crippen molar-refractivity contribution in [2.24, 2.45) is 0 Å². The van der Waals surface area contributed by atoms with E-state index in [4.69, 9.17) is 9.47 Å². The van der Waals surface area contributed by atoms with Crippen LogP contribution in [0.2, 0.25) is 0 Å². The summed E-state index contributed by atoms with van der Waals surface area (Å²) >= 11 is 0. The van der Waals surface area contributed by atoms with E-state index in [9.17, 15) is 14.9 Å². The molecular formula is C16H21N3O4. The van der Waals surface area contributed by atoms with Gasteiger partial charge in [-0.15, -0.1) is 0 Å². The van der Waals surface area contributed by atoms with Crippen LogP contribution < -0.4 is 4.74 Å². The van der Waals surface area contributed by atoms with E-state index in [1.165, 1.54) is 7.11 Å². The topological polar surface area (TPSA) is 84.6 Å². The number of hydrogen-bond acceptors (Lipinski definition) is 5. The molecular weight excluding hydrogens is 298 g/mol. The van der Waals surface area contributed by atoms with Crippen LogP contribution in [0.1, 0.15) is 60.3 Å². The molecule has 1 aliphatic heterocycles. The molecule has 2 rings (SSSR count). The summed E-state index contributed by atoms with van der Waals surface area (Å²) in [6.07, 6.45) is 0. The third-order valence-electron chi connectivity index (χ3n) is 3.94. The van der Waals surface area contributed by atoms with E-state index in [0.29, 0.717) is 6.54 Å². The molecule has 1 aliphatic rings. The second kappa shape index (κ2) is 6.32. The number of rotatable bonds is 4. The van der Waals surface area contributed by atoms with Crippen molar-refractivity contribution in [2.45, 2.75) is 39.8 Å². The predicted octanol–water partition coefficient (Wildman–Crippen LogP) is 1.97. The number of aromatic nitrogens is 1. The molecule has 0 aromatic carbocycles. The zero-order valence-electron chi connectivity index (χ0n) is 14.0. The van der Waals surface area contributed by atoms with Gasteiger partial charge in [-0.3, -0.25) is 4.79 Å². The Bertz CT molecular complexity index is 684. The third-order valence-corrected chi connectivity index (χ3v) is 3.94. The number of methoxy groups -OCH3 is 1. The number of nitriles is 1. The van der Waals surface area contributed by atoms with Crippen LogP contribution in [-0.4, -0.2) is 47.6 Å². The van der Waals surface area contributed by atoms with Crippen LogP contribution >= 0.6 is 0 Å². The summed E-state index contributed by atoms with van der Waals surface area (Å²) in [5.74, 6) is -0.789. The lowest BCUT2D eigenvalue weighted by Gasteiger charge is -2.35. The summed E-state index contributed by atoms with van der Waals surface area (Å²) in [6.45, 7) is 8.08. The number of carbonyl (C=O) groups excluding carboxylic acids is 2. The van der Waals surface area contributed by atoms with Crippen molar-refractivity contribution >= 4 is 11.9 Å². The van der Waals surface area contributed by atoms with Crippen LogP contribution in [0.5, 0.6) is 5.75 Å². The van der Waals surface area contributed by atoms with Crippen molar-refractivity contribution in [3.05, 3.63) is 17.0 Å². The number of esters is 1. The average molecular weight is 319 g/mol. The number of fused-ring (bicyclic) bond motifs is 1. The van der Waals surface area contributed by atoms with Gasteiger partial charge in [-0.05, 0) is 27.7 Å². The number of carbonyl (C=O) groups is 2. The van der Waals surface area contributed by atoms with E-state index in [2.05, 4.69) is 0 Å². The number of nitrogens with zero attached hydrogens (tertiary/aromatic N) is 3. The summed E-state index contributed by atoms with van der Waals surface area (Å²) in [5, 5.41) is 9.52. The van der Waals surface area contributed by atoms with Gasteiger partial charge in [0.15, 0.2) is 11.4 Å². The molecule has 7 heteroatoms. The maximum absolute atomic E-state index is 12.8. The van der Waals surface area contributed by atoms with Gasteiger partial charge in [0, 0.05) is 12.6 Å². The SMILES string of the molecule is CCOC(=O)c1c(OC)c2n(c1C#N)[C@@H](C)CN(C(C)C)C2=O. The first-order valence-electron chi connectivity index (χ1n) is 7.59. The lowest BCUT2D eigenvalue weighted by Crippen LogP contribution is -2.46. The van der Waals surface area contributed by atoms with Gasteiger partial charge < -0.3 is 18.9 Å². The molecule has 1 atom stereocenters. The maximum Gasteiger partial charge on any atom is 0.344 e. The molecule has 0 saturated carbocycles. The molecule has 0 fully saturated rings. The molecule has 1 aromatic heterocycles. The second-order valence-corrected chi connectivity index (χ2v) is 5.71. The first-order chi connectivity index (χ1) is 10.9. The number of ether oxygens (including phenoxy) is 2. The Morgan fingerprint density at radius 3 is 2.61 bits per heavy atom. The molecule has 0 spiro atoms. The molecule has 0 N–H and O–H groups in total. The Balaban J connectivity index is 2.74. The molecule has 1 amide bonds. The minimum atomic E-state index is -0.654. The van der Waals surface area contributed by atoms with E-state index < -0.39 is 5.97 Å². The van der Waals surface area contributed by atoms with Crippen LogP contribution in [0, 0.1) is 11.3 Å². The fourth-order valence-corrected chi connectivity index (χ4v) is 2.94. The fraction of sp³-hybridized carbons (Fsp3) is 0.562. The maximum atomic E-state index is 12.8. The normalized spacial score (nSPS) is 17.0. The standard InChI is InChI=1S/C16H21N3O4/c1-6-23-16(21)12-11(7-17)19-10(4)8-18(9(2)3)15(20)13(19)14(12)22-5/h9-10H,6,8H2,1-5H3/t10-/m0/s1. The van der Waals surface area contributed by atoms with Crippen LogP contribution in [-0.2, 0) is 4.74 Å². The summed E-state index contributed by atoms with van der Waals surface area (Å²) < 4.78 is 11.9. The van der Waals surface area contributed by atoms with E-state index in [-0.39, 0.29) is 47.3 Å². The first-order valence-corrected chi connectivity index (χ1v) is 7.59. The van der Waals surface area contributed by atoms with Crippen molar-refractivity contribution in [2.75, 3.05) is 20.3 Å². The molecule has 0 radical (unpaired) electrons. The molecule has 0 saturated heterocycles. The third kappa shape index (κ3) is 2.54. The minimum Gasteiger partial charge on any atom is -0.493 e. The highest BCUT2D eigenvalue weighted by Gasteiger charge is 2.40. The Kier molecular flexibility index (Phi) is 4.64. The highest BCUT2D eigenvalue weighted by molar-refractivity contribution is 6.04. The van der Waals surface area contributed by atoms with E-state index in [1.807, 2.05) is 26.8 Å². The molecule has 2 heterocycles. The van der Waals surface area contributed by atoms with Gasteiger partial charge in [-0.2, -0.15) is 5.26 Å². The van der Waals surface area contributed by atoms with Crippen LogP contribution in [0.3, 0.4) is 0 Å². The van der Waals surface area contributed by atoms with Gasteiger partial charge in [0.2, 0.25) is 0 Å². The summed E-state index contributed by atoms with van der Waals surface area (Å²) in [4.78, 5) is 26.8. The van der Waals surface area contributed by atoms with Crippen molar-refractivity contribution in [1.82, 2.24) is 9.47 Å². The van der Waals surface area contributed by atoms with E-state index >= 15 is 0 Å². The van der Waals surface area contributed by atoms with Crippen molar-refractivity contribution in [3.8, 4) is 11.8 Å². The van der Waals surface area contributed by atoms with E-state index in [0.717, 1.165) is 0 Å². The molecule has 0 aliphatic carbocycles. The van der Waals surface area contributed by atoms with Gasteiger partial charge in [0.1, 0.15) is 17.3 Å². The van der Waals surface area contributed by atoms with E-state index in [1.54, 1.807) is 16.4 Å². The Labute approximate surface area is 135 Å². The molecule has 124 valence electrons. The van der Waals surface area contributed by atoms with Crippen molar-refractivity contribution in [3.63, 3.8) is 0 Å². The van der Waals surface area contributed by atoms with Gasteiger partial charge in [-0.1, -0.05) is 0 Å². The van der Waals surface area contributed by atoms with Gasteiger partial charge >= 0.3 is 5.97 Å². The lowest BCUT2D eigenvalue weighted by molar-refractivity contribution is 0.0522. The molecule has 23 heavy (non-hydrogen) atoms. The van der Waals surface area contributed by atoms with Crippen LogP contribution in [0.15, 0.2) is 0 Å². The quantitative estimate of drug-likeness (QED) is 0.792. The van der Waals surface area contributed by atoms with Gasteiger partial charge in [0.25, 0.3) is 5.91 Å². The van der Waals surface area contributed by atoms with Gasteiger partial charge in [0.05, 0.1) is 19.8 Å². The Morgan fingerprint density at radius 2 is 2.13 bits per heavy atom. The highest BCUT2D eigenvalue weighted by atomic mass is 16.5. The lowest BCUT2D eigenvalue weighted by atomic mass is 10.1. The largest absolute Gasteiger partial charge is 0.493 e. The molecule has 7 nitrogen and oxygen atoms in total. The predicted molar refractivity (Wildman–Crippen MR) is 82.5 cm³/mol. The fourth-order valence-electron chi connectivity index (χ4n) is 2.94. The summed E-state index contributed by atoms with van der Waals surface area (Å²) in [6, 6.07) is 1.89. The van der Waals surface area contributed by atoms with Crippen LogP contribution in [0.4, 0.5) is 0 Å². The first kappa shape index (κ1) is 16.9. The number of hydrogen-bond donors (Lipinski definition) is 0. The molecule has 0 unspecified atom stereocenters.